The molecule has 1 N–H and O–H groups in total. The van der Waals surface area contributed by atoms with Gasteiger partial charge in [0.05, 0.1) is 0 Å². The van der Waals surface area contributed by atoms with Crippen LogP contribution in [0, 0.1) is 0 Å². The van der Waals surface area contributed by atoms with E-state index >= 15 is 0 Å². The summed E-state index contributed by atoms with van der Waals surface area (Å²) < 4.78 is 0. The molecule has 0 saturated heterocycles. The number of halogens is 1. The Kier molecular flexibility index (Phi) is 6.33. The fourth-order valence-electron chi connectivity index (χ4n) is 0.874. The highest BCUT2D eigenvalue weighted by molar-refractivity contribution is 6.29. The third-order valence-corrected chi connectivity index (χ3v) is 1.98. The molecule has 11 heavy (non-hydrogen) atoms. The van der Waals surface area contributed by atoms with Crippen molar-refractivity contribution < 1.29 is 9.90 Å². The zero-order valence-corrected chi connectivity index (χ0v) is 7.60. The second-order valence-corrected chi connectivity index (χ2v) is 3.18. The van der Waals surface area contributed by atoms with Gasteiger partial charge in [-0.2, -0.15) is 0 Å². The summed E-state index contributed by atoms with van der Waals surface area (Å²) in [7, 11) is 0. The highest BCUT2D eigenvalue weighted by atomic mass is 35.5. The van der Waals surface area contributed by atoms with Crippen LogP contribution < -0.4 is 0 Å². The Morgan fingerprint density at radius 3 is 2.55 bits per heavy atom. The number of hydrogen-bond donors (Lipinski definition) is 1. The van der Waals surface area contributed by atoms with Crippen molar-refractivity contribution in [3.8, 4) is 0 Å². The SMILES string of the molecule is CCCCCC[C@@H](Cl)C(=O)O. The van der Waals surface area contributed by atoms with Gasteiger partial charge in [0.2, 0.25) is 0 Å². The van der Waals surface area contributed by atoms with Gasteiger partial charge in [-0.25, -0.2) is 0 Å². The lowest BCUT2D eigenvalue weighted by Crippen LogP contribution is -2.12. The van der Waals surface area contributed by atoms with Crippen LogP contribution in [0.2, 0.25) is 0 Å². The first-order valence-corrected chi connectivity index (χ1v) is 4.49. The minimum Gasteiger partial charge on any atom is -0.480 e. The lowest BCUT2D eigenvalue weighted by molar-refractivity contribution is -0.136. The average Bonchev–Trinajstić information content (AvgIpc) is 1.97. The molecule has 3 heteroatoms. The molecular weight excluding hydrogens is 164 g/mol. The van der Waals surface area contributed by atoms with E-state index in [9.17, 15) is 4.79 Å². The van der Waals surface area contributed by atoms with Crippen LogP contribution in [0.25, 0.3) is 0 Å². The molecule has 0 aliphatic rings. The van der Waals surface area contributed by atoms with Crippen molar-refractivity contribution in [3.05, 3.63) is 0 Å². The van der Waals surface area contributed by atoms with Gasteiger partial charge in [0.25, 0.3) is 0 Å². The van der Waals surface area contributed by atoms with Crippen LogP contribution >= 0.6 is 11.6 Å². The molecular formula is C8H15ClO2. The van der Waals surface area contributed by atoms with Crippen molar-refractivity contribution in [2.45, 2.75) is 44.4 Å². The van der Waals surface area contributed by atoms with Gasteiger partial charge in [0, 0.05) is 0 Å². The quantitative estimate of drug-likeness (QED) is 0.502. The Balaban J connectivity index is 3.17. The van der Waals surface area contributed by atoms with E-state index in [2.05, 4.69) is 6.92 Å². The molecule has 0 aliphatic heterocycles. The molecule has 0 aliphatic carbocycles. The molecule has 0 rings (SSSR count). The summed E-state index contributed by atoms with van der Waals surface area (Å²) >= 11 is 5.50. The first-order valence-electron chi connectivity index (χ1n) is 4.05. The molecule has 0 bridgehead atoms. The van der Waals surface area contributed by atoms with Crippen molar-refractivity contribution in [1.29, 1.82) is 0 Å². The molecule has 0 aromatic heterocycles. The molecule has 2 nitrogen and oxygen atoms in total. The second kappa shape index (κ2) is 6.47. The molecule has 1 atom stereocenters. The van der Waals surface area contributed by atoms with Crippen molar-refractivity contribution in [2.75, 3.05) is 0 Å². The van der Waals surface area contributed by atoms with E-state index in [1.165, 1.54) is 12.8 Å². The summed E-state index contributed by atoms with van der Waals surface area (Å²) in [5.41, 5.74) is 0. The minimum absolute atomic E-state index is 0.594. The van der Waals surface area contributed by atoms with E-state index in [4.69, 9.17) is 16.7 Å². The minimum atomic E-state index is -0.900. The van der Waals surface area contributed by atoms with E-state index in [1.807, 2.05) is 0 Å². The van der Waals surface area contributed by atoms with Crippen molar-refractivity contribution in [2.24, 2.45) is 0 Å². The molecule has 0 spiro atoms. The zero-order chi connectivity index (χ0) is 8.69. The number of unbranched alkanes of at least 4 members (excludes halogenated alkanes) is 3. The number of carbonyl (C=O) groups is 1. The number of carboxylic acid groups (broad SMARTS) is 1. The van der Waals surface area contributed by atoms with Crippen LogP contribution in [-0.2, 0) is 4.79 Å². The Morgan fingerprint density at radius 1 is 1.45 bits per heavy atom. The molecule has 0 heterocycles. The van der Waals surface area contributed by atoms with E-state index in [0.717, 1.165) is 12.8 Å². The zero-order valence-electron chi connectivity index (χ0n) is 6.85. The number of rotatable bonds is 6. The summed E-state index contributed by atoms with van der Waals surface area (Å²) in [4.78, 5) is 10.2. The Bertz CT molecular complexity index is 115. The standard InChI is InChI=1S/C8H15ClO2/c1-2-3-4-5-6-7(9)8(10)11/h7H,2-6H2,1H3,(H,10,11)/t7-/m1/s1. The number of aliphatic carboxylic acids is 1. The van der Waals surface area contributed by atoms with Crippen LogP contribution in [-0.4, -0.2) is 16.5 Å². The molecule has 0 aromatic rings. The van der Waals surface area contributed by atoms with Gasteiger partial charge >= 0.3 is 5.97 Å². The summed E-state index contributed by atoms with van der Waals surface area (Å²) in [6.07, 6.45) is 4.95. The van der Waals surface area contributed by atoms with Gasteiger partial charge in [-0.05, 0) is 6.42 Å². The molecule has 66 valence electrons. The second-order valence-electron chi connectivity index (χ2n) is 2.66. The third-order valence-electron chi connectivity index (χ3n) is 1.58. The van der Waals surface area contributed by atoms with Gasteiger partial charge in [-0.3, -0.25) is 4.79 Å². The van der Waals surface area contributed by atoms with Crippen LogP contribution in [0.15, 0.2) is 0 Å². The van der Waals surface area contributed by atoms with E-state index in [1.54, 1.807) is 0 Å². The van der Waals surface area contributed by atoms with Crippen molar-refractivity contribution in [3.63, 3.8) is 0 Å². The van der Waals surface area contributed by atoms with Crippen molar-refractivity contribution >= 4 is 17.6 Å². The van der Waals surface area contributed by atoms with Crippen LogP contribution in [0.3, 0.4) is 0 Å². The van der Waals surface area contributed by atoms with E-state index in [-0.39, 0.29) is 0 Å². The van der Waals surface area contributed by atoms with Gasteiger partial charge in [-0.1, -0.05) is 32.6 Å². The Labute approximate surface area is 72.6 Å². The highest BCUT2D eigenvalue weighted by Crippen LogP contribution is 2.09. The van der Waals surface area contributed by atoms with E-state index in [0.29, 0.717) is 6.42 Å². The fourth-order valence-corrected chi connectivity index (χ4v) is 1.03. The van der Waals surface area contributed by atoms with Gasteiger partial charge in [-0.15, -0.1) is 11.6 Å². The molecule has 0 amide bonds. The summed E-state index contributed by atoms with van der Waals surface area (Å²) in [6, 6.07) is 0. The maximum Gasteiger partial charge on any atom is 0.321 e. The maximum absolute atomic E-state index is 10.2. The summed E-state index contributed by atoms with van der Waals surface area (Å²) in [6.45, 7) is 2.12. The number of alkyl halides is 1. The summed E-state index contributed by atoms with van der Waals surface area (Å²) in [5.74, 6) is -0.900. The Morgan fingerprint density at radius 2 is 2.09 bits per heavy atom. The largest absolute Gasteiger partial charge is 0.480 e. The van der Waals surface area contributed by atoms with Gasteiger partial charge in [0.15, 0.2) is 0 Å². The predicted molar refractivity (Wildman–Crippen MR) is 46.0 cm³/mol. The molecule has 0 saturated carbocycles. The topological polar surface area (TPSA) is 37.3 Å². The van der Waals surface area contributed by atoms with Crippen LogP contribution in [0.1, 0.15) is 39.0 Å². The van der Waals surface area contributed by atoms with Gasteiger partial charge < -0.3 is 5.11 Å². The molecule has 0 unspecified atom stereocenters. The first kappa shape index (κ1) is 10.8. The van der Waals surface area contributed by atoms with Crippen molar-refractivity contribution in [1.82, 2.24) is 0 Å². The predicted octanol–water partition coefficient (Wildman–Crippen LogP) is 2.65. The average molecular weight is 179 g/mol. The molecule has 0 fully saturated rings. The third kappa shape index (κ3) is 6.17. The van der Waals surface area contributed by atoms with Gasteiger partial charge in [0.1, 0.15) is 5.38 Å². The first-order chi connectivity index (χ1) is 5.18. The lowest BCUT2D eigenvalue weighted by Gasteiger charge is -2.02. The van der Waals surface area contributed by atoms with Crippen LogP contribution in [0.5, 0.6) is 0 Å². The highest BCUT2D eigenvalue weighted by Gasteiger charge is 2.11. The smallest absolute Gasteiger partial charge is 0.321 e. The monoisotopic (exact) mass is 178 g/mol. The fraction of sp³-hybridized carbons (Fsp3) is 0.875. The molecule has 0 radical (unpaired) electrons. The van der Waals surface area contributed by atoms with Crippen LogP contribution in [0.4, 0.5) is 0 Å². The maximum atomic E-state index is 10.2. The van der Waals surface area contributed by atoms with E-state index < -0.39 is 11.3 Å². The number of carboxylic acids is 1. The molecule has 0 aromatic carbocycles. The summed E-state index contributed by atoms with van der Waals surface area (Å²) in [5, 5.41) is 7.72. The lowest BCUT2D eigenvalue weighted by atomic mass is 10.1. The number of hydrogen-bond acceptors (Lipinski definition) is 1. The Hall–Kier alpha value is -0.240. The normalized spacial score (nSPS) is 12.9.